The molecule has 0 atom stereocenters. The summed E-state index contributed by atoms with van der Waals surface area (Å²) in [5.41, 5.74) is 0. The van der Waals surface area contributed by atoms with Crippen molar-refractivity contribution in [2.24, 2.45) is 0 Å². The van der Waals surface area contributed by atoms with Gasteiger partial charge in [-0.05, 0) is 0 Å². The monoisotopic (exact) mass is 59.0 g/mol. The maximum Gasteiger partial charge on any atom is 0.125 e. The first kappa shape index (κ1) is 3.50. The molecule has 1 rings (SSSR count). The summed E-state index contributed by atoms with van der Waals surface area (Å²) in [7, 11) is 0. The standard InChI is InChI=1S/C2H2O.H3N/c1-2-3-1;/h1-2H;1H3. The third-order valence-electron chi connectivity index (χ3n) is 0.136. The number of rotatable bonds is 0. The number of hydrogen-bond donors (Lipinski definition) is 1. The van der Waals surface area contributed by atoms with Gasteiger partial charge in [0.15, 0.2) is 0 Å². The van der Waals surface area contributed by atoms with Crippen LogP contribution < -0.4 is 6.15 Å². The summed E-state index contributed by atoms with van der Waals surface area (Å²) < 4.78 is 4.25. The van der Waals surface area contributed by atoms with Crippen LogP contribution in [0.2, 0.25) is 0 Å². The van der Waals surface area contributed by atoms with Gasteiger partial charge < -0.3 is 10.9 Å². The van der Waals surface area contributed by atoms with Gasteiger partial charge in [-0.2, -0.15) is 0 Å². The molecular formula is C2H5NO. The van der Waals surface area contributed by atoms with E-state index in [-0.39, 0.29) is 6.15 Å². The smallest absolute Gasteiger partial charge is 0.125 e. The fourth-order valence-electron chi connectivity index (χ4n) is 0. The van der Waals surface area contributed by atoms with E-state index in [1.165, 1.54) is 0 Å². The van der Waals surface area contributed by atoms with Gasteiger partial charge in [0, 0.05) is 0 Å². The van der Waals surface area contributed by atoms with Crippen LogP contribution in [0, 0.1) is 0 Å². The lowest BCUT2D eigenvalue weighted by molar-refractivity contribution is 0.541. The van der Waals surface area contributed by atoms with Gasteiger partial charge in [-0.3, -0.25) is 0 Å². The highest BCUT2D eigenvalue weighted by Crippen LogP contribution is 1.89. The van der Waals surface area contributed by atoms with Gasteiger partial charge in [-0.1, -0.05) is 0 Å². The Kier molecular flexibility index (Phi) is 0.787. The van der Waals surface area contributed by atoms with Crippen molar-refractivity contribution < 1.29 is 4.74 Å². The average molecular weight is 59.1 g/mol. The first-order chi connectivity index (χ1) is 1.50. The van der Waals surface area contributed by atoms with Crippen LogP contribution in [-0.4, -0.2) is 0 Å². The molecule has 0 saturated heterocycles. The highest BCUT2D eigenvalue weighted by Gasteiger charge is 1.74. The molecule has 0 aliphatic carbocycles. The molecule has 0 amide bonds. The van der Waals surface area contributed by atoms with Gasteiger partial charge in [0.25, 0.3) is 0 Å². The Hall–Kier alpha value is -0.500. The Balaban J connectivity index is 0.0000000900. The van der Waals surface area contributed by atoms with Crippen molar-refractivity contribution in [3.8, 4) is 0 Å². The van der Waals surface area contributed by atoms with Gasteiger partial charge in [0.1, 0.15) is 12.5 Å². The molecule has 0 saturated carbocycles. The van der Waals surface area contributed by atoms with Gasteiger partial charge in [-0.15, -0.1) is 0 Å². The van der Waals surface area contributed by atoms with Crippen LogP contribution in [0.4, 0.5) is 0 Å². The molecule has 0 spiro atoms. The molecule has 0 radical (unpaired) electrons. The van der Waals surface area contributed by atoms with E-state index >= 15 is 0 Å². The molecule has 0 fully saturated rings. The summed E-state index contributed by atoms with van der Waals surface area (Å²) in [5, 5.41) is 0. The second kappa shape index (κ2) is 0.900. The van der Waals surface area contributed by atoms with Crippen LogP contribution in [0.5, 0.6) is 0 Å². The summed E-state index contributed by atoms with van der Waals surface area (Å²) in [5.74, 6) is 0. The van der Waals surface area contributed by atoms with Crippen molar-refractivity contribution >= 4 is 0 Å². The van der Waals surface area contributed by atoms with Crippen molar-refractivity contribution in [1.29, 1.82) is 0 Å². The molecule has 0 aromatic rings. The summed E-state index contributed by atoms with van der Waals surface area (Å²) in [6.45, 7) is 0. The Labute approximate surface area is 24.7 Å². The largest absolute Gasteiger partial charge is 0.466 e. The van der Waals surface area contributed by atoms with Crippen molar-refractivity contribution in [2.45, 2.75) is 0 Å². The molecule has 3 N–H and O–H groups in total. The zero-order chi connectivity index (χ0) is 2.12. The molecular weight excluding hydrogens is 54.0 g/mol. The third-order valence-corrected chi connectivity index (χ3v) is 0.136. The molecule has 24 valence electrons. The molecule has 0 bridgehead atoms. The minimum absolute atomic E-state index is 0. The fourth-order valence-corrected chi connectivity index (χ4v) is 0. The Bertz CT molecular complexity index is 29.0. The Morgan fingerprint density at radius 2 is 1.50 bits per heavy atom. The molecule has 2 heteroatoms. The van der Waals surface area contributed by atoms with Gasteiger partial charge in [-0.25, -0.2) is 0 Å². The molecule has 0 aromatic carbocycles. The lowest BCUT2D eigenvalue weighted by Gasteiger charge is -1.37. The third kappa shape index (κ3) is 1.50. The predicted molar refractivity (Wildman–Crippen MR) is 15.2 cm³/mol. The molecule has 1 heterocycles. The Morgan fingerprint density at radius 3 is 1.50 bits per heavy atom. The highest BCUT2D eigenvalue weighted by molar-refractivity contribution is 4.76. The van der Waals surface area contributed by atoms with Crippen LogP contribution in [-0.2, 0) is 4.74 Å². The van der Waals surface area contributed by atoms with E-state index in [9.17, 15) is 0 Å². The van der Waals surface area contributed by atoms with E-state index in [1.807, 2.05) is 0 Å². The fraction of sp³-hybridized carbons (Fsp3) is 0. The van der Waals surface area contributed by atoms with Gasteiger partial charge in [0.05, 0.1) is 0 Å². The summed E-state index contributed by atoms with van der Waals surface area (Å²) in [6.07, 6.45) is 3.25. The molecule has 0 unspecified atom stereocenters. The topological polar surface area (TPSA) is 47.5 Å². The predicted octanol–water partition coefficient (Wildman–Crippen LogP) is 0.650. The normalized spacial score (nSPS) is 12.0. The zero-order valence-electron chi connectivity index (χ0n) is 2.27. The number of ether oxygens (including phenoxy) is 1. The first-order valence-corrected chi connectivity index (χ1v) is 0.805. The first-order valence-electron chi connectivity index (χ1n) is 0.805. The van der Waals surface area contributed by atoms with E-state index in [2.05, 4.69) is 4.74 Å². The van der Waals surface area contributed by atoms with Crippen molar-refractivity contribution in [3.63, 3.8) is 0 Å². The minimum atomic E-state index is 0. The van der Waals surface area contributed by atoms with Gasteiger partial charge >= 0.3 is 0 Å². The molecule has 1 aliphatic rings. The van der Waals surface area contributed by atoms with Crippen LogP contribution in [0.1, 0.15) is 0 Å². The SMILES string of the molecule is C1=CO1.N. The van der Waals surface area contributed by atoms with Crippen LogP contribution in [0.25, 0.3) is 0 Å². The molecule has 1 aliphatic heterocycles. The van der Waals surface area contributed by atoms with Crippen molar-refractivity contribution in [3.05, 3.63) is 12.5 Å². The zero-order valence-corrected chi connectivity index (χ0v) is 2.27. The maximum absolute atomic E-state index is 4.25. The second-order valence-electron chi connectivity index (χ2n) is 0.408. The number of hydrogen-bond acceptors (Lipinski definition) is 2. The minimum Gasteiger partial charge on any atom is -0.466 e. The van der Waals surface area contributed by atoms with Crippen LogP contribution in [0.3, 0.4) is 0 Å². The van der Waals surface area contributed by atoms with E-state index in [0.717, 1.165) is 0 Å². The highest BCUT2D eigenvalue weighted by atomic mass is 16.5. The lowest BCUT2D eigenvalue weighted by atomic mass is 11.3. The second-order valence-corrected chi connectivity index (χ2v) is 0.408. The van der Waals surface area contributed by atoms with Gasteiger partial charge in [0.2, 0.25) is 0 Å². The summed E-state index contributed by atoms with van der Waals surface area (Å²) in [4.78, 5) is 0. The molecule has 4 heavy (non-hydrogen) atoms. The summed E-state index contributed by atoms with van der Waals surface area (Å²) >= 11 is 0. The van der Waals surface area contributed by atoms with Crippen molar-refractivity contribution in [1.82, 2.24) is 6.15 Å². The quantitative estimate of drug-likeness (QED) is 0.445. The Morgan fingerprint density at radius 1 is 1.25 bits per heavy atom. The van der Waals surface area contributed by atoms with Crippen LogP contribution >= 0.6 is 0 Å². The van der Waals surface area contributed by atoms with Crippen LogP contribution in [0.15, 0.2) is 12.5 Å². The van der Waals surface area contributed by atoms with E-state index < -0.39 is 0 Å². The average Bonchev–Trinajstić information content (AvgIpc) is 1.46. The molecule has 0 aromatic heterocycles. The van der Waals surface area contributed by atoms with E-state index in [4.69, 9.17) is 0 Å². The maximum atomic E-state index is 4.25. The van der Waals surface area contributed by atoms with E-state index in [0.29, 0.717) is 0 Å². The van der Waals surface area contributed by atoms with Crippen molar-refractivity contribution in [2.75, 3.05) is 0 Å². The summed E-state index contributed by atoms with van der Waals surface area (Å²) in [6, 6.07) is 0. The molecule has 2 nitrogen and oxygen atoms in total. The lowest BCUT2D eigenvalue weighted by Crippen LogP contribution is -1.09. The van der Waals surface area contributed by atoms with E-state index in [1.54, 1.807) is 12.5 Å².